The van der Waals surface area contributed by atoms with Crippen LogP contribution in [0.15, 0.2) is 24.3 Å². The molecular weight excluding hydrogens is 242 g/mol. The van der Waals surface area contributed by atoms with Crippen LogP contribution in [0.5, 0.6) is 5.75 Å². The number of ether oxygens (including phenoxy) is 2. The molecule has 1 aromatic rings. The molecule has 4 nitrogen and oxygen atoms in total. The van der Waals surface area contributed by atoms with Crippen molar-refractivity contribution >= 4 is 0 Å². The van der Waals surface area contributed by atoms with E-state index >= 15 is 0 Å². The lowest BCUT2D eigenvalue weighted by Crippen LogP contribution is -2.55. The van der Waals surface area contributed by atoms with Gasteiger partial charge in [0.05, 0.1) is 19.3 Å². The Hall–Kier alpha value is -1.57. The maximum Gasteiger partial charge on any atom is 0.124 e. The molecule has 2 unspecified atom stereocenters. The molecule has 1 aromatic carbocycles. The molecule has 1 N–H and O–H groups in total. The van der Waals surface area contributed by atoms with Gasteiger partial charge in [0.2, 0.25) is 0 Å². The van der Waals surface area contributed by atoms with Gasteiger partial charge in [-0.1, -0.05) is 25.1 Å². The maximum absolute atomic E-state index is 10.9. The number of para-hydroxylation sites is 1. The molecule has 102 valence electrons. The minimum Gasteiger partial charge on any atom is -0.493 e. The first-order chi connectivity index (χ1) is 9.13. The standard InChI is InChI=1S/C15H19NO3/c1-3-15(17,11-18-2)14(10-16)8-9-19-13-7-5-4-6-12(13)14/h4-7,17H,3,8-9,11H2,1-2H3. The summed E-state index contributed by atoms with van der Waals surface area (Å²) in [7, 11) is 1.54. The molecule has 4 heteroatoms. The number of methoxy groups -OCH3 is 1. The quantitative estimate of drug-likeness (QED) is 0.900. The van der Waals surface area contributed by atoms with E-state index in [0.29, 0.717) is 25.2 Å². The second-order valence-corrected chi connectivity index (χ2v) is 4.93. The van der Waals surface area contributed by atoms with Crippen LogP contribution in [-0.4, -0.2) is 31.0 Å². The van der Waals surface area contributed by atoms with Crippen LogP contribution in [0.1, 0.15) is 25.3 Å². The molecule has 0 aliphatic carbocycles. The molecule has 19 heavy (non-hydrogen) atoms. The van der Waals surface area contributed by atoms with Crippen LogP contribution >= 0.6 is 0 Å². The van der Waals surface area contributed by atoms with E-state index in [-0.39, 0.29) is 6.61 Å². The third-order valence-electron chi connectivity index (χ3n) is 4.03. The van der Waals surface area contributed by atoms with Gasteiger partial charge in [0.25, 0.3) is 0 Å². The Morgan fingerprint density at radius 3 is 2.89 bits per heavy atom. The number of hydrogen-bond donors (Lipinski definition) is 1. The first-order valence-corrected chi connectivity index (χ1v) is 6.48. The van der Waals surface area contributed by atoms with Crippen LogP contribution in [0, 0.1) is 11.3 Å². The predicted octanol–water partition coefficient (Wildman–Crippen LogP) is 2.02. The fraction of sp³-hybridized carbons (Fsp3) is 0.533. The summed E-state index contributed by atoms with van der Waals surface area (Å²) in [6.45, 7) is 2.43. The number of aliphatic hydroxyl groups is 1. The predicted molar refractivity (Wildman–Crippen MR) is 71.0 cm³/mol. The van der Waals surface area contributed by atoms with Gasteiger partial charge < -0.3 is 14.6 Å². The Bertz CT molecular complexity index is 496. The van der Waals surface area contributed by atoms with E-state index in [1.54, 1.807) is 0 Å². The summed E-state index contributed by atoms with van der Waals surface area (Å²) >= 11 is 0. The minimum atomic E-state index is -1.21. The average Bonchev–Trinajstić information content (AvgIpc) is 2.46. The Kier molecular flexibility index (Phi) is 3.79. The minimum absolute atomic E-state index is 0.130. The fourth-order valence-corrected chi connectivity index (χ4v) is 2.86. The van der Waals surface area contributed by atoms with Crippen LogP contribution in [0.3, 0.4) is 0 Å². The Morgan fingerprint density at radius 1 is 1.53 bits per heavy atom. The van der Waals surface area contributed by atoms with E-state index in [0.717, 1.165) is 5.56 Å². The first-order valence-electron chi connectivity index (χ1n) is 6.48. The number of hydrogen-bond acceptors (Lipinski definition) is 4. The summed E-state index contributed by atoms with van der Waals surface area (Å²) in [5.74, 6) is 0.679. The van der Waals surface area contributed by atoms with Gasteiger partial charge in [-0.25, -0.2) is 0 Å². The van der Waals surface area contributed by atoms with Gasteiger partial charge in [-0.2, -0.15) is 5.26 Å². The fourth-order valence-electron chi connectivity index (χ4n) is 2.86. The highest BCUT2D eigenvalue weighted by molar-refractivity contribution is 5.48. The summed E-state index contributed by atoms with van der Waals surface area (Å²) in [6, 6.07) is 9.76. The summed E-state index contributed by atoms with van der Waals surface area (Å²) in [5.41, 5.74) is -1.44. The van der Waals surface area contributed by atoms with E-state index in [9.17, 15) is 10.4 Å². The Labute approximate surface area is 113 Å². The van der Waals surface area contributed by atoms with Crippen molar-refractivity contribution in [2.75, 3.05) is 20.3 Å². The lowest BCUT2D eigenvalue weighted by atomic mass is 9.64. The van der Waals surface area contributed by atoms with Crippen LogP contribution in [0.2, 0.25) is 0 Å². The second kappa shape index (κ2) is 5.20. The monoisotopic (exact) mass is 261 g/mol. The molecule has 1 aliphatic rings. The second-order valence-electron chi connectivity index (χ2n) is 4.93. The summed E-state index contributed by atoms with van der Waals surface area (Å²) in [4.78, 5) is 0. The van der Waals surface area contributed by atoms with E-state index in [4.69, 9.17) is 9.47 Å². The van der Waals surface area contributed by atoms with Gasteiger partial charge in [-0.3, -0.25) is 0 Å². The zero-order chi connectivity index (χ0) is 13.9. The van der Waals surface area contributed by atoms with Crippen molar-refractivity contribution in [1.29, 1.82) is 5.26 Å². The molecule has 2 rings (SSSR count). The van der Waals surface area contributed by atoms with Crippen LogP contribution in [0.25, 0.3) is 0 Å². The molecule has 0 bridgehead atoms. The lowest BCUT2D eigenvalue weighted by Gasteiger charge is -2.44. The molecule has 0 fully saturated rings. The third kappa shape index (κ3) is 1.99. The largest absolute Gasteiger partial charge is 0.493 e. The van der Waals surface area contributed by atoms with Crippen LogP contribution in [0.4, 0.5) is 0 Å². The average molecular weight is 261 g/mol. The molecular formula is C15H19NO3. The van der Waals surface area contributed by atoms with Crippen molar-refractivity contribution in [1.82, 2.24) is 0 Å². The molecule has 0 aromatic heterocycles. The maximum atomic E-state index is 10.9. The van der Waals surface area contributed by atoms with Gasteiger partial charge in [-0.05, 0) is 12.5 Å². The number of rotatable bonds is 4. The smallest absolute Gasteiger partial charge is 0.124 e. The van der Waals surface area contributed by atoms with E-state index < -0.39 is 11.0 Å². The molecule has 0 amide bonds. The molecule has 0 saturated heterocycles. The van der Waals surface area contributed by atoms with Gasteiger partial charge in [0.1, 0.15) is 16.8 Å². The van der Waals surface area contributed by atoms with Crippen LogP contribution < -0.4 is 4.74 Å². The first kappa shape index (κ1) is 13.9. The zero-order valence-corrected chi connectivity index (χ0v) is 11.3. The normalized spacial score (nSPS) is 24.7. The molecule has 0 spiro atoms. The highest BCUT2D eigenvalue weighted by atomic mass is 16.5. The van der Waals surface area contributed by atoms with Crippen molar-refractivity contribution < 1.29 is 14.6 Å². The van der Waals surface area contributed by atoms with Gasteiger partial charge >= 0.3 is 0 Å². The summed E-state index contributed by atoms with van der Waals surface area (Å²) in [6.07, 6.45) is 0.914. The van der Waals surface area contributed by atoms with E-state index in [1.165, 1.54) is 7.11 Å². The van der Waals surface area contributed by atoms with E-state index in [2.05, 4.69) is 6.07 Å². The van der Waals surface area contributed by atoms with Crippen molar-refractivity contribution in [2.24, 2.45) is 0 Å². The van der Waals surface area contributed by atoms with Gasteiger partial charge in [0.15, 0.2) is 0 Å². The number of benzene rings is 1. The number of fused-ring (bicyclic) bond motifs is 1. The van der Waals surface area contributed by atoms with Gasteiger partial charge in [0, 0.05) is 19.1 Å². The molecule has 2 atom stereocenters. The zero-order valence-electron chi connectivity index (χ0n) is 11.3. The SMILES string of the molecule is CCC(O)(COC)C1(C#N)CCOc2ccccc21. The van der Waals surface area contributed by atoms with Gasteiger partial charge in [-0.15, -0.1) is 0 Å². The van der Waals surface area contributed by atoms with Crippen LogP contribution in [-0.2, 0) is 10.2 Å². The number of nitrogens with zero attached hydrogens (tertiary/aromatic N) is 1. The van der Waals surface area contributed by atoms with E-state index in [1.807, 2.05) is 31.2 Å². The molecule has 0 saturated carbocycles. The lowest BCUT2D eigenvalue weighted by molar-refractivity contribution is -0.0847. The summed E-state index contributed by atoms with van der Waals surface area (Å²) in [5, 5.41) is 20.7. The van der Waals surface area contributed by atoms with Crippen molar-refractivity contribution in [3.05, 3.63) is 29.8 Å². The molecule has 1 heterocycles. The third-order valence-corrected chi connectivity index (χ3v) is 4.03. The molecule has 0 radical (unpaired) electrons. The Morgan fingerprint density at radius 2 is 2.26 bits per heavy atom. The number of nitriles is 1. The van der Waals surface area contributed by atoms with Crippen molar-refractivity contribution in [3.8, 4) is 11.8 Å². The highest BCUT2D eigenvalue weighted by Gasteiger charge is 2.53. The topological polar surface area (TPSA) is 62.5 Å². The Balaban J connectivity index is 2.59. The van der Waals surface area contributed by atoms with Crippen molar-refractivity contribution in [2.45, 2.75) is 30.8 Å². The van der Waals surface area contributed by atoms with Crippen molar-refractivity contribution in [3.63, 3.8) is 0 Å². The highest BCUT2D eigenvalue weighted by Crippen LogP contribution is 2.46. The summed E-state index contributed by atoms with van der Waals surface area (Å²) < 4.78 is 10.7. The molecule has 1 aliphatic heterocycles.